The fourth-order valence-corrected chi connectivity index (χ4v) is 3.39. The van der Waals surface area contributed by atoms with Gasteiger partial charge in [-0.1, -0.05) is 50.6 Å². The maximum Gasteiger partial charge on any atom is 0.264 e. The quantitative estimate of drug-likeness (QED) is 0.431. The lowest BCUT2D eigenvalue weighted by molar-refractivity contribution is 0.888. The van der Waals surface area contributed by atoms with Gasteiger partial charge in [0.05, 0.1) is 33.9 Å². The largest absolute Gasteiger partial charge is 0.382 e. The van der Waals surface area contributed by atoms with Crippen molar-refractivity contribution in [2.75, 3.05) is 11.5 Å². The third-order valence-electron chi connectivity index (χ3n) is 4.63. The molecule has 0 amide bonds. The van der Waals surface area contributed by atoms with Gasteiger partial charge in [-0.15, -0.1) is 0 Å². The van der Waals surface area contributed by atoms with Crippen LogP contribution in [-0.2, 0) is 6.42 Å². The molecule has 9 heteroatoms. The van der Waals surface area contributed by atoms with Crippen molar-refractivity contribution in [1.29, 1.82) is 10.5 Å². The van der Waals surface area contributed by atoms with Crippen molar-refractivity contribution in [2.24, 2.45) is 0 Å². The molecule has 0 radical (unpaired) electrons. The number of rotatable bonds is 2. The van der Waals surface area contributed by atoms with Gasteiger partial charge in [-0.25, -0.2) is 4.98 Å². The average Bonchev–Trinajstić information content (AvgIpc) is 2.85. The van der Waals surface area contributed by atoms with Crippen molar-refractivity contribution >= 4 is 34.1 Å². The molecule has 2 heterocycles. The Labute approximate surface area is 202 Å². The molecule has 0 saturated heterocycles. The first-order valence-electron chi connectivity index (χ1n) is 10.5. The van der Waals surface area contributed by atoms with E-state index in [9.17, 15) is 4.79 Å². The van der Waals surface area contributed by atoms with Gasteiger partial charge < -0.3 is 11.5 Å². The Kier molecular flexibility index (Phi) is 9.13. The molecule has 0 unspecified atom stereocenters. The first kappa shape index (κ1) is 25.9. The summed E-state index contributed by atoms with van der Waals surface area (Å²) in [5.41, 5.74) is 12.6. The number of aromatic nitrogens is 3. The van der Waals surface area contributed by atoms with E-state index in [1.807, 2.05) is 51.1 Å². The second-order valence-electron chi connectivity index (χ2n) is 6.63. The minimum absolute atomic E-state index is 0.0801. The zero-order valence-electron chi connectivity index (χ0n) is 19.1. The second-order valence-corrected chi connectivity index (χ2v) is 7.04. The minimum Gasteiger partial charge on any atom is -0.382 e. The van der Waals surface area contributed by atoms with Gasteiger partial charge in [0.1, 0.15) is 17.5 Å². The molecule has 0 atom stereocenters. The van der Waals surface area contributed by atoms with E-state index >= 15 is 0 Å². The molecular weight excluding hydrogens is 450 g/mol. The Morgan fingerprint density at radius 1 is 1.06 bits per heavy atom. The van der Waals surface area contributed by atoms with E-state index in [4.69, 9.17) is 33.6 Å². The highest BCUT2D eigenvalue weighted by atomic mass is 35.5. The van der Waals surface area contributed by atoms with Crippen LogP contribution in [-0.4, -0.2) is 14.5 Å². The molecule has 4 aromatic rings. The molecule has 4 N–H and O–H groups in total. The third kappa shape index (κ3) is 5.69. The number of benzene rings is 2. The van der Waals surface area contributed by atoms with Crippen molar-refractivity contribution in [3.63, 3.8) is 0 Å². The van der Waals surface area contributed by atoms with E-state index in [0.29, 0.717) is 28.1 Å². The first-order valence-corrected chi connectivity index (χ1v) is 10.9. The summed E-state index contributed by atoms with van der Waals surface area (Å²) in [6.07, 6.45) is 1.99. The number of pyridine rings is 1. The number of fused-ring (bicyclic) bond motifs is 1. The summed E-state index contributed by atoms with van der Waals surface area (Å²) in [6.45, 7) is 6.00. The predicted molar refractivity (Wildman–Crippen MR) is 136 cm³/mol. The van der Waals surface area contributed by atoms with Gasteiger partial charge in [0.25, 0.3) is 5.56 Å². The van der Waals surface area contributed by atoms with Crippen LogP contribution >= 0.6 is 11.6 Å². The molecule has 8 nitrogen and oxygen atoms in total. The summed E-state index contributed by atoms with van der Waals surface area (Å²) < 4.78 is 1.63. The van der Waals surface area contributed by atoms with Crippen molar-refractivity contribution in [3.05, 3.63) is 86.9 Å². The summed E-state index contributed by atoms with van der Waals surface area (Å²) in [7, 11) is 0. The van der Waals surface area contributed by atoms with E-state index in [0.717, 1.165) is 11.1 Å². The van der Waals surface area contributed by atoms with Crippen LogP contribution in [0.2, 0.25) is 5.02 Å². The number of anilines is 2. The van der Waals surface area contributed by atoms with Crippen LogP contribution in [0.15, 0.2) is 59.5 Å². The molecule has 2 aromatic carbocycles. The molecule has 0 aliphatic rings. The number of hydrogen-bond donors (Lipinski definition) is 2. The van der Waals surface area contributed by atoms with Crippen LogP contribution in [0.4, 0.5) is 11.8 Å². The van der Waals surface area contributed by atoms with Gasteiger partial charge in [0.2, 0.25) is 5.95 Å². The molecule has 0 bridgehead atoms. The lowest BCUT2D eigenvalue weighted by Gasteiger charge is -2.14. The Morgan fingerprint density at radius 2 is 1.76 bits per heavy atom. The van der Waals surface area contributed by atoms with Crippen molar-refractivity contribution < 1.29 is 0 Å². The molecule has 0 fully saturated rings. The van der Waals surface area contributed by atoms with Crippen LogP contribution in [0.1, 0.15) is 37.6 Å². The van der Waals surface area contributed by atoms with E-state index in [-0.39, 0.29) is 22.9 Å². The first-order chi connectivity index (χ1) is 16.4. The molecule has 4 rings (SSSR count). The van der Waals surface area contributed by atoms with E-state index in [2.05, 4.69) is 16.0 Å². The zero-order chi connectivity index (χ0) is 25.3. The fourth-order valence-electron chi connectivity index (χ4n) is 3.13. The number of nitrogen functional groups attached to an aromatic ring is 2. The van der Waals surface area contributed by atoms with Gasteiger partial charge in [-0.05, 0) is 42.1 Å². The third-order valence-corrected chi connectivity index (χ3v) is 4.94. The molecular formula is C25H24ClN7O. The van der Waals surface area contributed by atoms with Crippen LogP contribution in [0.3, 0.4) is 0 Å². The summed E-state index contributed by atoms with van der Waals surface area (Å²) in [6, 6.07) is 18.4. The van der Waals surface area contributed by atoms with Crippen LogP contribution in [0.25, 0.3) is 16.5 Å². The number of nitrogens with two attached hydrogens (primary N) is 2. The maximum atomic E-state index is 12.9. The molecule has 0 aliphatic heterocycles. The average molecular weight is 474 g/mol. The summed E-state index contributed by atoms with van der Waals surface area (Å²) >= 11 is 6.21. The number of nitrogens with zero attached hydrogens (tertiary/aromatic N) is 5. The number of aryl methyl sites for hydroxylation is 1. The molecule has 2 aromatic heterocycles. The van der Waals surface area contributed by atoms with Crippen LogP contribution in [0, 0.1) is 22.7 Å². The van der Waals surface area contributed by atoms with Gasteiger partial charge in [0.15, 0.2) is 0 Å². The van der Waals surface area contributed by atoms with Gasteiger partial charge in [-0.2, -0.15) is 15.5 Å². The highest BCUT2D eigenvalue weighted by Gasteiger charge is 2.12. The number of hydrogen-bond acceptors (Lipinski definition) is 7. The molecule has 172 valence electrons. The topological polar surface area (TPSA) is 147 Å². The molecule has 0 aliphatic carbocycles. The Hall–Kier alpha value is -4.40. The lowest BCUT2D eigenvalue weighted by atomic mass is 10.1. The fraction of sp³-hybridized carbons (Fsp3) is 0.160. The number of halogens is 1. The Balaban J connectivity index is 0.000000286. The second kappa shape index (κ2) is 12.0. The van der Waals surface area contributed by atoms with Gasteiger partial charge in [-0.3, -0.25) is 9.36 Å². The van der Waals surface area contributed by atoms with Crippen LogP contribution in [0.5, 0.6) is 0 Å². The summed E-state index contributed by atoms with van der Waals surface area (Å²) in [5, 5.41) is 19.2. The predicted octanol–water partition coefficient (Wildman–Crippen LogP) is 4.62. The normalized spacial score (nSPS) is 9.59. The zero-order valence-corrected chi connectivity index (χ0v) is 19.8. The highest BCUT2D eigenvalue weighted by Crippen LogP contribution is 2.23. The summed E-state index contributed by atoms with van der Waals surface area (Å²) in [4.78, 5) is 20.1. The smallest absolute Gasteiger partial charge is 0.264 e. The van der Waals surface area contributed by atoms with Crippen molar-refractivity contribution in [1.82, 2.24) is 14.5 Å². The molecule has 34 heavy (non-hydrogen) atoms. The number of nitriles is 2. The molecule has 0 spiro atoms. The van der Waals surface area contributed by atoms with Crippen molar-refractivity contribution in [2.45, 2.75) is 27.2 Å². The highest BCUT2D eigenvalue weighted by molar-refractivity contribution is 6.35. The Morgan fingerprint density at radius 3 is 2.38 bits per heavy atom. The summed E-state index contributed by atoms with van der Waals surface area (Å²) in [5.74, 6) is 0.200. The SMILES string of the molecule is CC.CCc1cc2cccc(Cl)c2c(=O)n1-c1cccc(C#N)c1.N#Cc1cnc(N)nc1N. The van der Waals surface area contributed by atoms with Crippen molar-refractivity contribution in [3.8, 4) is 17.8 Å². The van der Waals surface area contributed by atoms with E-state index < -0.39 is 0 Å². The van der Waals surface area contributed by atoms with E-state index in [1.165, 1.54) is 6.20 Å². The van der Waals surface area contributed by atoms with Crippen LogP contribution < -0.4 is 17.0 Å². The monoisotopic (exact) mass is 473 g/mol. The Bertz CT molecular complexity index is 1450. The maximum absolute atomic E-state index is 12.9. The van der Waals surface area contributed by atoms with Gasteiger partial charge >= 0.3 is 0 Å². The van der Waals surface area contributed by atoms with E-state index in [1.54, 1.807) is 28.8 Å². The van der Waals surface area contributed by atoms with Gasteiger partial charge in [0, 0.05) is 5.69 Å². The standard InChI is InChI=1S/C18H13ClN2O.C5H5N5.C2H6/c1-2-14-10-13-6-4-8-16(19)17(13)18(22)21(14)15-7-3-5-12(9-15)11-20;6-1-3-2-9-5(8)10-4(3)7;1-2/h3-10H,2H2,1H3;2H,(H4,7,8,9,10);1-2H3. The molecule has 0 saturated carbocycles. The minimum atomic E-state index is -0.157. The lowest BCUT2D eigenvalue weighted by Crippen LogP contribution is -2.22.